The Morgan fingerprint density at radius 2 is 1.74 bits per heavy atom. The van der Waals surface area contributed by atoms with E-state index in [1.54, 1.807) is 0 Å². The summed E-state index contributed by atoms with van der Waals surface area (Å²) in [7, 11) is 0. The van der Waals surface area contributed by atoms with Crippen LogP contribution in [0, 0.1) is 0 Å². The summed E-state index contributed by atoms with van der Waals surface area (Å²) in [6, 6.07) is 7.86. The van der Waals surface area contributed by atoms with Crippen molar-refractivity contribution in [3.05, 3.63) is 35.4 Å². The summed E-state index contributed by atoms with van der Waals surface area (Å²) < 4.78 is 0. The van der Waals surface area contributed by atoms with E-state index in [-0.39, 0.29) is 11.3 Å². The Morgan fingerprint density at radius 1 is 1.11 bits per heavy atom. The third-order valence-electron chi connectivity index (χ3n) is 3.11. The molecular weight excluding hydrogens is 258 g/mol. The molecule has 2 nitrogen and oxygen atoms in total. The fourth-order valence-corrected chi connectivity index (χ4v) is 2.01. The fraction of sp³-hybridized carbons (Fsp3) is 0.562. The van der Waals surface area contributed by atoms with E-state index < -0.39 is 0 Å². The van der Waals surface area contributed by atoms with Crippen LogP contribution in [0.15, 0.2) is 24.3 Å². The predicted molar refractivity (Wildman–Crippen MR) is 82.0 cm³/mol. The van der Waals surface area contributed by atoms with Crippen LogP contribution < -0.4 is 5.32 Å². The lowest BCUT2D eigenvalue weighted by molar-refractivity contribution is 0.0953. The second kappa shape index (κ2) is 7.54. The molecule has 0 spiro atoms. The van der Waals surface area contributed by atoms with Crippen molar-refractivity contribution in [2.24, 2.45) is 0 Å². The minimum absolute atomic E-state index is 0.00586. The Balaban J connectivity index is 2.45. The van der Waals surface area contributed by atoms with Crippen molar-refractivity contribution in [1.82, 2.24) is 5.32 Å². The SMILES string of the molecule is CC(C)(C)c1ccc(C(=O)NCCCCCCl)cc1. The second-order valence-electron chi connectivity index (χ2n) is 5.83. The van der Waals surface area contributed by atoms with E-state index >= 15 is 0 Å². The van der Waals surface area contributed by atoms with Gasteiger partial charge in [0.25, 0.3) is 5.91 Å². The molecule has 106 valence electrons. The van der Waals surface area contributed by atoms with Gasteiger partial charge in [0, 0.05) is 18.0 Å². The van der Waals surface area contributed by atoms with Gasteiger partial charge < -0.3 is 5.32 Å². The smallest absolute Gasteiger partial charge is 0.251 e. The highest BCUT2D eigenvalue weighted by Gasteiger charge is 2.14. The topological polar surface area (TPSA) is 29.1 Å². The zero-order valence-corrected chi connectivity index (χ0v) is 12.9. The molecule has 0 fully saturated rings. The van der Waals surface area contributed by atoms with E-state index in [0.717, 1.165) is 31.4 Å². The molecule has 1 amide bonds. The van der Waals surface area contributed by atoms with Gasteiger partial charge in [-0.25, -0.2) is 0 Å². The summed E-state index contributed by atoms with van der Waals surface area (Å²) in [6.45, 7) is 7.22. The largest absolute Gasteiger partial charge is 0.352 e. The highest BCUT2D eigenvalue weighted by molar-refractivity contribution is 6.17. The van der Waals surface area contributed by atoms with Gasteiger partial charge in [0.1, 0.15) is 0 Å². The summed E-state index contributed by atoms with van der Waals surface area (Å²) in [4.78, 5) is 11.9. The Labute approximate surface area is 121 Å². The van der Waals surface area contributed by atoms with Crippen LogP contribution in [-0.2, 0) is 5.41 Å². The van der Waals surface area contributed by atoms with Crippen LogP contribution >= 0.6 is 11.6 Å². The fourth-order valence-electron chi connectivity index (χ4n) is 1.82. The van der Waals surface area contributed by atoms with Crippen molar-refractivity contribution in [2.75, 3.05) is 12.4 Å². The number of amides is 1. The van der Waals surface area contributed by atoms with Crippen LogP contribution in [0.1, 0.15) is 56.0 Å². The monoisotopic (exact) mass is 281 g/mol. The zero-order valence-electron chi connectivity index (χ0n) is 12.1. The number of carbonyl (C=O) groups is 1. The van der Waals surface area contributed by atoms with E-state index in [1.165, 1.54) is 5.56 Å². The Hall–Kier alpha value is -1.02. The maximum Gasteiger partial charge on any atom is 0.251 e. The molecule has 0 aliphatic rings. The van der Waals surface area contributed by atoms with Crippen LogP contribution in [0.2, 0.25) is 0 Å². The molecule has 3 heteroatoms. The minimum atomic E-state index is 0.00586. The van der Waals surface area contributed by atoms with E-state index in [0.29, 0.717) is 5.88 Å². The molecule has 1 N–H and O–H groups in total. The van der Waals surface area contributed by atoms with Gasteiger partial charge in [-0.2, -0.15) is 0 Å². The van der Waals surface area contributed by atoms with Gasteiger partial charge in [-0.05, 0) is 36.0 Å². The predicted octanol–water partition coefficient (Wildman–Crippen LogP) is 4.12. The minimum Gasteiger partial charge on any atom is -0.352 e. The van der Waals surface area contributed by atoms with Gasteiger partial charge in [-0.3, -0.25) is 4.79 Å². The zero-order chi connectivity index (χ0) is 14.3. The van der Waals surface area contributed by atoms with Gasteiger partial charge in [0.15, 0.2) is 0 Å². The molecule has 0 saturated carbocycles. The molecule has 0 aliphatic carbocycles. The highest BCUT2D eigenvalue weighted by atomic mass is 35.5. The first-order valence-corrected chi connectivity index (χ1v) is 7.43. The number of hydrogen-bond donors (Lipinski definition) is 1. The third-order valence-corrected chi connectivity index (χ3v) is 3.38. The van der Waals surface area contributed by atoms with Gasteiger partial charge in [-0.1, -0.05) is 39.3 Å². The van der Waals surface area contributed by atoms with Crippen LogP contribution in [0.3, 0.4) is 0 Å². The first kappa shape index (κ1) is 16.0. The first-order chi connectivity index (χ1) is 8.95. The van der Waals surface area contributed by atoms with Crippen LogP contribution in [0.5, 0.6) is 0 Å². The highest BCUT2D eigenvalue weighted by Crippen LogP contribution is 2.22. The molecule has 0 radical (unpaired) electrons. The van der Waals surface area contributed by atoms with Crippen molar-refractivity contribution in [3.63, 3.8) is 0 Å². The maximum absolute atomic E-state index is 11.9. The van der Waals surface area contributed by atoms with Gasteiger partial charge in [0.2, 0.25) is 0 Å². The van der Waals surface area contributed by atoms with E-state index in [1.807, 2.05) is 24.3 Å². The van der Waals surface area contributed by atoms with E-state index in [4.69, 9.17) is 11.6 Å². The molecule has 19 heavy (non-hydrogen) atoms. The van der Waals surface area contributed by atoms with Crippen LogP contribution in [0.25, 0.3) is 0 Å². The number of alkyl halides is 1. The lowest BCUT2D eigenvalue weighted by Gasteiger charge is -2.19. The van der Waals surface area contributed by atoms with Crippen molar-refractivity contribution in [2.45, 2.75) is 45.4 Å². The standard InChI is InChI=1S/C16H24ClNO/c1-16(2,3)14-9-7-13(8-10-14)15(19)18-12-6-4-5-11-17/h7-10H,4-6,11-12H2,1-3H3,(H,18,19). The molecule has 0 saturated heterocycles. The first-order valence-electron chi connectivity index (χ1n) is 6.90. The molecule has 0 atom stereocenters. The number of halogens is 1. The Bertz CT molecular complexity index is 392. The van der Waals surface area contributed by atoms with Crippen LogP contribution in [0.4, 0.5) is 0 Å². The van der Waals surface area contributed by atoms with E-state index in [9.17, 15) is 4.79 Å². The number of nitrogens with one attached hydrogen (secondary N) is 1. The molecule has 1 aromatic carbocycles. The molecule has 0 bridgehead atoms. The summed E-state index contributed by atoms with van der Waals surface area (Å²) >= 11 is 5.60. The Kier molecular flexibility index (Phi) is 6.36. The van der Waals surface area contributed by atoms with E-state index in [2.05, 4.69) is 26.1 Å². The number of hydrogen-bond acceptors (Lipinski definition) is 1. The number of rotatable bonds is 6. The summed E-state index contributed by atoms with van der Waals surface area (Å²) in [5.74, 6) is 0.703. The summed E-state index contributed by atoms with van der Waals surface area (Å²) in [5.41, 5.74) is 2.09. The van der Waals surface area contributed by atoms with Crippen molar-refractivity contribution < 1.29 is 4.79 Å². The lowest BCUT2D eigenvalue weighted by atomic mass is 9.87. The average Bonchev–Trinajstić information content (AvgIpc) is 2.37. The second-order valence-corrected chi connectivity index (χ2v) is 6.21. The van der Waals surface area contributed by atoms with Crippen molar-refractivity contribution >= 4 is 17.5 Å². The van der Waals surface area contributed by atoms with Gasteiger partial charge >= 0.3 is 0 Å². The average molecular weight is 282 g/mol. The molecule has 0 heterocycles. The quantitative estimate of drug-likeness (QED) is 0.617. The Morgan fingerprint density at radius 3 is 2.26 bits per heavy atom. The molecule has 0 aliphatic heterocycles. The maximum atomic E-state index is 11.9. The molecule has 1 aromatic rings. The van der Waals surface area contributed by atoms with Crippen molar-refractivity contribution in [3.8, 4) is 0 Å². The molecule has 0 aromatic heterocycles. The number of benzene rings is 1. The molecular formula is C16H24ClNO. The molecule has 1 rings (SSSR count). The van der Waals surface area contributed by atoms with Crippen molar-refractivity contribution in [1.29, 1.82) is 0 Å². The summed E-state index contributed by atoms with van der Waals surface area (Å²) in [6.07, 6.45) is 3.06. The number of carbonyl (C=O) groups excluding carboxylic acids is 1. The third kappa shape index (κ3) is 5.65. The summed E-state index contributed by atoms with van der Waals surface area (Å²) in [5, 5.41) is 2.93. The molecule has 0 unspecified atom stereocenters. The van der Waals surface area contributed by atoms with Gasteiger partial charge in [0.05, 0.1) is 0 Å². The van der Waals surface area contributed by atoms with Gasteiger partial charge in [-0.15, -0.1) is 11.6 Å². The number of unbranched alkanes of at least 4 members (excludes halogenated alkanes) is 2. The van der Waals surface area contributed by atoms with Crippen LogP contribution in [-0.4, -0.2) is 18.3 Å². The lowest BCUT2D eigenvalue weighted by Crippen LogP contribution is -2.24. The normalized spacial score (nSPS) is 11.4.